The van der Waals surface area contributed by atoms with Crippen LogP contribution in [0.25, 0.3) is 16.5 Å². The van der Waals surface area contributed by atoms with Gasteiger partial charge in [0.2, 0.25) is 0 Å². The SMILES string of the molecule is [2H]c1c([2H])c([2H])c(-n2c([C@H](C)NC(=O)OC(C)(C)C)cc3cccc(Cl)c3c2=O)c([2H])c1[2H]. The summed E-state index contributed by atoms with van der Waals surface area (Å²) >= 11 is 6.28. The molecule has 5 nitrogen and oxygen atoms in total. The summed E-state index contributed by atoms with van der Waals surface area (Å²) in [7, 11) is 0. The highest BCUT2D eigenvalue weighted by Crippen LogP contribution is 2.25. The molecule has 1 N–H and O–H groups in total. The maximum absolute atomic E-state index is 13.6. The van der Waals surface area contributed by atoms with Gasteiger partial charge in [-0.1, -0.05) is 41.9 Å². The molecular weight excluding hydrogens is 376 g/mol. The molecular formula is C22H23ClN2O3. The number of amides is 1. The van der Waals surface area contributed by atoms with Crippen molar-refractivity contribution in [2.45, 2.75) is 39.3 Å². The van der Waals surface area contributed by atoms with E-state index in [1.54, 1.807) is 45.9 Å². The molecule has 28 heavy (non-hydrogen) atoms. The van der Waals surface area contributed by atoms with E-state index in [0.29, 0.717) is 5.39 Å². The zero-order chi connectivity index (χ0) is 24.8. The first kappa shape index (κ1) is 14.2. The van der Waals surface area contributed by atoms with Gasteiger partial charge in [0, 0.05) is 11.4 Å². The number of benzene rings is 2. The lowest BCUT2D eigenvalue weighted by Gasteiger charge is -2.24. The van der Waals surface area contributed by atoms with Crippen molar-refractivity contribution in [2.24, 2.45) is 0 Å². The van der Waals surface area contributed by atoms with Crippen LogP contribution in [-0.4, -0.2) is 16.3 Å². The summed E-state index contributed by atoms with van der Waals surface area (Å²) in [6.45, 7) is 6.72. The summed E-state index contributed by atoms with van der Waals surface area (Å²) in [4.78, 5) is 26.0. The van der Waals surface area contributed by atoms with Crippen LogP contribution in [0.4, 0.5) is 4.79 Å². The molecule has 0 unspecified atom stereocenters. The normalized spacial score (nSPS) is 15.1. The van der Waals surface area contributed by atoms with Crippen LogP contribution in [0.2, 0.25) is 5.02 Å². The van der Waals surface area contributed by atoms with Crippen LogP contribution in [0.15, 0.2) is 59.3 Å². The van der Waals surface area contributed by atoms with E-state index >= 15 is 0 Å². The molecule has 1 atom stereocenters. The van der Waals surface area contributed by atoms with Gasteiger partial charge < -0.3 is 10.1 Å². The van der Waals surface area contributed by atoms with E-state index in [0.717, 1.165) is 4.57 Å². The third-order valence-corrected chi connectivity index (χ3v) is 4.23. The summed E-state index contributed by atoms with van der Waals surface area (Å²) in [5.74, 6) is 0. The lowest BCUT2D eigenvalue weighted by Crippen LogP contribution is -2.36. The first-order valence-electron chi connectivity index (χ1n) is 11.2. The molecule has 0 saturated heterocycles. The van der Waals surface area contributed by atoms with Crippen molar-refractivity contribution in [3.8, 4) is 5.69 Å². The number of carbonyl (C=O) groups is 1. The number of nitrogens with zero attached hydrogens (tertiary/aromatic N) is 1. The predicted molar refractivity (Wildman–Crippen MR) is 112 cm³/mol. The number of ether oxygens (including phenoxy) is 1. The summed E-state index contributed by atoms with van der Waals surface area (Å²) in [6, 6.07) is 2.75. The second-order valence-electron chi connectivity index (χ2n) is 7.26. The summed E-state index contributed by atoms with van der Waals surface area (Å²) < 4.78 is 46.9. The Morgan fingerprint density at radius 3 is 2.57 bits per heavy atom. The minimum absolute atomic E-state index is 0.124. The summed E-state index contributed by atoms with van der Waals surface area (Å²) in [6.07, 6.45) is -0.735. The van der Waals surface area contributed by atoms with E-state index in [-0.39, 0.29) is 21.8 Å². The molecule has 0 aliphatic heterocycles. The lowest BCUT2D eigenvalue weighted by atomic mass is 10.1. The fraction of sp³-hybridized carbons (Fsp3) is 0.273. The third-order valence-electron chi connectivity index (χ3n) is 3.91. The van der Waals surface area contributed by atoms with Gasteiger partial charge in [-0.2, -0.15) is 0 Å². The van der Waals surface area contributed by atoms with E-state index in [4.69, 9.17) is 23.2 Å². The van der Waals surface area contributed by atoms with Crippen molar-refractivity contribution in [3.63, 3.8) is 0 Å². The molecule has 0 fully saturated rings. The Hall–Kier alpha value is -2.79. The van der Waals surface area contributed by atoms with Crippen LogP contribution >= 0.6 is 11.6 Å². The molecule has 1 amide bonds. The van der Waals surface area contributed by atoms with Crippen LogP contribution in [0.1, 0.15) is 46.3 Å². The van der Waals surface area contributed by atoms with E-state index in [9.17, 15) is 9.59 Å². The van der Waals surface area contributed by atoms with Gasteiger partial charge in [-0.3, -0.25) is 9.36 Å². The highest BCUT2D eigenvalue weighted by Gasteiger charge is 2.22. The molecule has 0 bridgehead atoms. The lowest BCUT2D eigenvalue weighted by molar-refractivity contribution is 0.0506. The number of nitrogens with one attached hydrogen (secondary N) is 1. The monoisotopic (exact) mass is 403 g/mol. The van der Waals surface area contributed by atoms with Gasteiger partial charge in [-0.05, 0) is 57.3 Å². The van der Waals surface area contributed by atoms with Crippen molar-refractivity contribution in [3.05, 3.63) is 75.5 Å². The molecule has 2 aromatic carbocycles. The standard InChI is InChI=1S/C22H23ClN2O3/c1-14(24-21(27)28-22(2,3)4)18-13-15-9-8-12-17(23)19(15)20(26)25(18)16-10-6-5-7-11-16/h5-14H,1-4H3,(H,24,27)/t14-/m0/s1/i5D,6D,7D,10D,11D. The number of para-hydroxylation sites is 1. The average molecular weight is 404 g/mol. The van der Waals surface area contributed by atoms with E-state index in [1.165, 1.54) is 6.07 Å². The Labute approximate surface area is 175 Å². The molecule has 0 spiro atoms. The van der Waals surface area contributed by atoms with Crippen molar-refractivity contribution < 1.29 is 16.4 Å². The number of halogens is 1. The number of hydrogen-bond acceptors (Lipinski definition) is 3. The first-order chi connectivity index (χ1) is 15.2. The number of fused-ring (bicyclic) bond motifs is 1. The van der Waals surface area contributed by atoms with Gasteiger partial charge in [-0.15, -0.1) is 0 Å². The van der Waals surface area contributed by atoms with Crippen LogP contribution in [0.5, 0.6) is 0 Å². The van der Waals surface area contributed by atoms with Gasteiger partial charge in [-0.25, -0.2) is 4.79 Å². The second-order valence-corrected chi connectivity index (χ2v) is 7.66. The number of carbonyl (C=O) groups excluding carboxylic acids is 1. The van der Waals surface area contributed by atoms with Crippen molar-refractivity contribution >= 4 is 28.5 Å². The van der Waals surface area contributed by atoms with Gasteiger partial charge in [0.05, 0.1) is 23.3 Å². The molecule has 1 heterocycles. The third kappa shape index (κ3) is 4.20. The maximum atomic E-state index is 13.6. The molecule has 6 heteroatoms. The Bertz CT molecular complexity index is 1310. The number of alkyl carbamates (subject to hydrolysis) is 1. The summed E-state index contributed by atoms with van der Waals surface area (Å²) in [5.41, 5.74) is -1.57. The van der Waals surface area contributed by atoms with Gasteiger partial charge in [0.1, 0.15) is 5.60 Å². The zero-order valence-electron chi connectivity index (χ0n) is 20.9. The minimum atomic E-state index is -0.825. The highest BCUT2D eigenvalue weighted by atomic mass is 35.5. The van der Waals surface area contributed by atoms with E-state index in [1.807, 2.05) is 0 Å². The molecule has 3 aromatic rings. The molecule has 0 radical (unpaired) electrons. The maximum Gasteiger partial charge on any atom is 0.408 e. The zero-order valence-corrected chi connectivity index (χ0v) is 16.7. The van der Waals surface area contributed by atoms with Crippen LogP contribution in [-0.2, 0) is 4.74 Å². The fourth-order valence-corrected chi connectivity index (χ4v) is 3.07. The molecule has 3 rings (SSSR count). The number of hydrogen-bond donors (Lipinski definition) is 1. The Morgan fingerprint density at radius 1 is 1.25 bits per heavy atom. The van der Waals surface area contributed by atoms with Crippen LogP contribution in [0, 0.1) is 0 Å². The highest BCUT2D eigenvalue weighted by molar-refractivity contribution is 6.35. The topological polar surface area (TPSA) is 60.3 Å². The molecule has 0 aliphatic rings. The Morgan fingerprint density at radius 2 is 1.93 bits per heavy atom. The summed E-state index contributed by atoms with van der Waals surface area (Å²) in [5, 5.41) is 3.39. The number of pyridine rings is 1. The van der Waals surface area contributed by atoms with Crippen LogP contribution in [0.3, 0.4) is 0 Å². The van der Waals surface area contributed by atoms with Gasteiger partial charge >= 0.3 is 6.09 Å². The van der Waals surface area contributed by atoms with Crippen LogP contribution < -0.4 is 10.9 Å². The molecule has 0 saturated carbocycles. The average Bonchev–Trinajstić information content (AvgIpc) is 2.70. The first-order valence-corrected chi connectivity index (χ1v) is 9.03. The number of aromatic nitrogens is 1. The molecule has 0 aliphatic carbocycles. The minimum Gasteiger partial charge on any atom is -0.444 e. The largest absolute Gasteiger partial charge is 0.444 e. The fourth-order valence-electron chi connectivity index (χ4n) is 2.80. The molecule has 1 aromatic heterocycles. The van der Waals surface area contributed by atoms with E-state index < -0.39 is 53.5 Å². The van der Waals surface area contributed by atoms with Crippen molar-refractivity contribution in [2.75, 3.05) is 0 Å². The van der Waals surface area contributed by atoms with E-state index in [2.05, 4.69) is 5.32 Å². The smallest absolute Gasteiger partial charge is 0.408 e. The number of rotatable bonds is 3. The van der Waals surface area contributed by atoms with Crippen molar-refractivity contribution in [1.82, 2.24) is 9.88 Å². The second kappa shape index (κ2) is 7.68. The molecule has 146 valence electrons. The van der Waals surface area contributed by atoms with Gasteiger partial charge in [0.15, 0.2) is 0 Å². The van der Waals surface area contributed by atoms with Gasteiger partial charge in [0.25, 0.3) is 5.56 Å². The quantitative estimate of drug-likeness (QED) is 0.651. The van der Waals surface area contributed by atoms with Crippen molar-refractivity contribution in [1.29, 1.82) is 0 Å². The Kier molecular flexibility index (Phi) is 3.91. The predicted octanol–water partition coefficient (Wildman–Crippen LogP) is 5.23. The Balaban J connectivity index is 2.36.